The zero-order valence-corrected chi connectivity index (χ0v) is 9.49. The van der Waals surface area contributed by atoms with Crippen LogP contribution < -0.4 is 10.1 Å². The maximum absolute atomic E-state index is 13.1. The van der Waals surface area contributed by atoms with Crippen molar-refractivity contribution in [1.82, 2.24) is 5.32 Å². The van der Waals surface area contributed by atoms with E-state index in [-0.39, 0.29) is 11.9 Å². The highest BCUT2D eigenvalue weighted by Gasteiger charge is 2.23. The zero-order valence-electron chi connectivity index (χ0n) is 9.49. The van der Waals surface area contributed by atoms with Crippen LogP contribution in [0.3, 0.4) is 0 Å². The predicted molar refractivity (Wildman–Crippen MR) is 59.5 cm³/mol. The number of benzene rings is 1. The average molecular weight is 258 g/mol. The Hall–Kier alpha value is -1.76. The minimum atomic E-state index is -1.25. The molecule has 1 aliphatic rings. The fourth-order valence-corrected chi connectivity index (χ4v) is 1.85. The van der Waals surface area contributed by atoms with E-state index < -0.39 is 22.2 Å². The lowest BCUT2D eigenvalue weighted by Gasteiger charge is -2.23. The Morgan fingerprint density at radius 1 is 1.28 bits per heavy atom. The molecule has 1 N–H and O–H groups in total. The molecule has 1 aromatic carbocycles. The van der Waals surface area contributed by atoms with E-state index in [1.807, 2.05) is 0 Å². The van der Waals surface area contributed by atoms with Crippen molar-refractivity contribution in [3.05, 3.63) is 33.9 Å². The number of piperidine rings is 1. The van der Waals surface area contributed by atoms with E-state index in [9.17, 15) is 18.9 Å². The molecular weight excluding hydrogens is 246 g/mol. The summed E-state index contributed by atoms with van der Waals surface area (Å²) >= 11 is 0. The highest BCUT2D eigenvalue weighted by molar-refractivity contribution is 5.47. The summed E-state index contributed by atoms with van der Waals surface area (Å²) in [5.41, 5.74) is -0.549. The van der Waals surface area contributed by atoms with Crippen LogP contribution in [0.1, 0.15) is 12.8 Å². The van der Waals surface area contributed by atoms with Crippen molar-refractivity contribution in [2.45, 2.75) is 18.9 Å². The first-order valence-corrected chi connectivity index (χ1v) is 5.58. The second-order valence-electron chi connectivity index (χ2n) is 4.06. The standard InChI is InChI=1S/C11H12F2N2O3/c12-8-5-10(15(16)17)11(6-9(8)13)18-7-1-3-14-4-2-7/h5-7,14H,1-4H2. The van der Waals surface area contributed by atoms with Crippen LogP contribution in [0.2, 0.25) is 0 Å². The summed E-state index contributed by atoms with van der Waals surface area (Å²) in [4.78, 5) is 9.97. The molecule has 2 rings (SSSR count). The second-order valence-corrected chi connectivity index (χ2v) is 4.06. The Labute approximate surface area is 102 Å². The zero-order chi connectivity index (χ0) is 13.1. The van der Waals surface area contributed by atoms with E-state index in [0.717, 1.165) is 19.2 Å². The van der Waals surface area contributed by atoms with Crippen molar-refractivity contribution < 1.29 is 18.4 Å². The molecule has 1 saturated heterocycles. The molecule has 0 amide bonds. The minimum absolute atomic E-state index is 0.213. The summed E-state index contributed by atoms with van der Waals surface area (Å²) in [7, 11) is 0. The van der Waals surface area contributed by atoms with Gasteiger partial charge in [-0.1, -0.05) is 0 Å². The molecule has 0 aliphatic carbocycles. The van der Waals surface area contributed by atoms with E-state index in [0.29, 0.717) is 18.9 Å². The third kappa shape index (κ3) is 2.73. The molecule has 1 heterocycles. The maximum atomic E-state index is 13.1. The summed E-state index contributed by atoms with van der Waals surface area (Å²) < 4.78 is 31.4. The van der Waals surface area contributed by atoms with Gasteiger partial charge < -0.3 is 10.1 Å². The van der Waals surface area contributed by atoms with Gasteiger partial charge in [-0.25, -0.2) is 8.78 Å². The number of nitro benzene ring substituents is 1. The van der Waals surface area contributed by atoms with Crippen LogP contribution >= 0.6 is 0 Å². The van der Waals surface area contributed by atoms with Crippen LogP contribution in [0.25, 0.3) is 0 Å². The van der Waals surface area contributed by atoms with Crippen LogP contribution in [0.15, 0.2) is 12.1 Å². The molecule has 0 bridgehead atoms. The minimum Gasteiger partial charge on any atom is -0.483 e. The van der Waals surface area contributed by atoms with Crippen molar-refractivity contribution >= 4 is 5.69 Å². The summed E-state index contributed by atoms with van der Waals surface area (Å²) in [6.45, 7) is 1.48. The number of hydrogen-bond acceptors (Lipinski definition) is 4. The fourth-order valence-electron chi connectivity index (χ4n) is 1.85. The Morgan fingerprint density at radius 2 is 1.89 bits per heavy atom. The molecule has 7 heteroatoms. The van der Waals surface area contributed by atoms with Crippen LogP contribution in [-0.2, 0) is 0 Å². The average Bonchev–Trinajstić information content (AvgIpc) is 2.34. The summed E-state index contributed by atoms with van der Waals surface area (Å²) in [5, 5.41) is 13.9. The van der Waals surface area contributed by atoms with E-state index in [4.69, 9.17) is 4.74 Å². The Balaban J connectivity index is 2.24. The number of hydrogen-bond donors (Lipinski definition) is 1. The van der Waals surface area contributed by atoms with Crippen LogP contribution in [0, 0.1) is 21.7 Å². The monoisotopic (exact) mass is 258 g/mol. The number of rotatable bonds is 3. The lowest BCUT2D eigenvalue weighted by Crippen LogP contribution is -2.34. The van der Waals surface area contributed by atoms with Gasteiger partial charge in [-0.3, -0.25) is 10.1 Å². The smallest absolute Gasteiger partial charge is 0.314 e. The first-order valence-electron chi connectivity index (χ1n) is 5.58. The normalized spacial score (nSPS) is 16.6. The highest BCUT2D eigenvalue weighted by atomic mass is 19.2. The molecule has 5 nitrogen and oxygen atoms in total. The van der Waals surface area contributed by atoms with Crippen molar-refractivity contribution in [3.8, 4) is 5.75 Å². The Bertz CT molecular complexity index is 462. The quantitative estimate of drug-likeness (QED) is 0.665. The van der Waals surface area contributed by atoms with Gasteiger partial charge in [0, 0.05) is 6.07 Å². The molecule has 0 radical (unpaired) electrons. The lowest BCUT2D eigenvalue weighted by atomic mass is 10.1. The van der Waals surface area contributed by atoms with Gasteiger partial charge in [0.1, 0.15) is 6.10 Å². The molecule has 0 aromatic heterocycles. The predicted octanol–water partition coefficient (Wildman–Crippen LogP) is 2.00. The van der Waals surface area contributed by atoms with E-state index >= 15 is 0 Å². The van der Waals surface area contributed by atoms with Gasteiger partial charge in [-0.15, -0.1) is 0 Å². The van der Waals surface area contributed by atoms with Crippen LogP contribution in [0.5, 0.6) is 5.75 Å². The van der Waals surface area contributed by atoms with Crippen LogP contribution in [0.4, 0.5) is 14.5 Å². The molecule has 1 aromatic rings. The first kappa shape index (κ1) is 12.7. The third-order valence-electron chi connectivity index (χ3n) is 2.78. The number of nitrogens with zero attached hydrogens (tertiary/aromatic N) is 1. The number of nitro groups is 1. The van der Waals surface area contributed by atoms with Gasteiger partial charge in [0.25, 0.3) is 0 Å². The van der Waals surface area contributed by atoms with Gasteiger partial charge >= 0.3 is 5.69 Å². The van der Waals surface area contributed by atoms with Gasteiger partial charge in [-0.05, 0) is 25.9 Å². The maximum Gasteiger partial charge on any atom is 0.314 e. The fraction of sp³-hybridized carbons (Fsp3) is 0.455. The summed E-state index contributed by atoms with van der Waals surface area (Å²) in [6.07, 6.45) is 1.14. The Kier molecular flexibility index (Phi) is 3.71. The molecular formula is C11H12F2N2O3. The number of nitrogens with one attached hydrogen (secondary N) is 1. The van der Waals surface area contributed by atoms with E-state index in [1.54, 1.807) is 0 Å². The van der Waals surface area contributed by atoms with Crippen molar-refractivity contribution in [3.63, 3.8) is 0 Å². The van der Waals surface area contributed by atoms with Crippen molar-refractivity contribution in [2.24, 2.45) is 0 Å². The van der Waals surface area contributed by atoms with E-state index in [2.05, 4.69) is 5.32 Å². The molecule has 18 heavy (non-hydrogen) atoms. The van der Waals surface area contributed by atoms with Crippen molar-refractivity contribution in [2.75, 3.05) is 13.1 Å². The topological polar surface area (TPSA) is 64.4 Å². The molecule has 98 valence electrons. The second kappa shape index (κ2) is 5.26. The molecule has 0 saturated carbocycles. The molecule has 1 aliphatic heterocycles. The molecule has 0 atom stereocenters. The van der Waals surface area contributed by atoms with Crippen LogP contribution in [-0.4, -0.2) is 24.1 Å². The summed E-state index contributed by atoms with van der Waals surface area (Å²) in [6, 6.07) is 1.28. The van der Waals surface area contributed by atoms with Gasteiger partial charge in [0.2, 0.25) is 5.75 Å². The summed E-state index contributed by atoms with van der Waals surface area (Å²) in [5.74, 6) is -2.62. The first-order chi connectivity index (χ1) is 8.58. The molecule has 0 unspecified atom stereocenters. The third-order valence-corrected chi connectivity index (χ3v) is 2.78. The SMILES string of the molecule is O=[N+]([O-])c1cc(F)c(F)cc1OC1CCNCC1. The number of ether oxygens (including phenoxy) is 1. The Morgan fingerprint density at radius 3 is 2.50 bits per heavy atom. The molecule has 1 fully saturated rings. The number of halogens is 2. The van der Waals surface area contributed by atoms with Gasteiger partial charge in [0.15, 0.2) is 11.6 Å². The van der Waals surface area contributed by atoms with Crippen molar-refractivity contribution in [1.29, 1.82) is 0 Å². The van der Waals surface area contributed by atoms with Gasteiger partial charge in [-0.2, -0.15) is 0 Å². The lowest BCUT2D eigenvalue weighted by molar-refractivity contribution is -0.386. The van der Waals surface area contributed by atoms with E-state index in [1.165, 1.54) is 0 Å². The highest BCUT2D eigenvalue weighted by Crippen LogP contribution is 2.31. The largest absolute Gasteiger partial charge is 0.483 e. The molecule has 0 spiro atoms. The van der Waals surface area contributed by atoms with Gasteiger partial charge in [0.05, 0.1) is 11.0 Å².